The van der Waals surface area contributed by atoms with E-state index in [0.717, 1.165) is 17.5 Å². The van der Waals surface area contributed by atoms with Crippen LogP contribution < -0.4 is 15.1 Å². The highest BCUT2D eigenvalue weighted by Crippen LogP contribution is 2.33. The van der Waals surface area contributed by atoms with Crippen LogP contribution in [-0.4, -0.2) is 29.3 Å². The predicted octanol–water partition coefficient (Wildman–Crippen LogP) is 5.05. The second-order valence-electron chi connectivity index (χ2n) is 7.71. The molecule has 1 heterocycles. The number of rotatable bonds is 7. The summed E-state index contributed by atoms with van der Waals surface area (Å²) in [4.78, 5) is 25.5. The summed E-state index contributed by atoms with van der Waals surface area (Å²) in [7, 11) is 0. The lowest BCUT2D eigenvalue weighted by Crippen LogP contribution is -2.51. The molecular weight excluding hydrogens is 423 g/mol. The van der Waals surface area contributed by atoms with Crippen LogP contribution in [0.5, 0.6) is 5.75 Å². The SMILES string of the molecule is CCC(C)Oc1ccc(N2N=C(C)C(F)(C(=O)Nc3cccc(C(C)(F)F)c3)C2=O)cc1. The van der Waals surface area contributed by atoms with Crippen molar-refractivity contribution < 1.29 is 27.5 Å². The summed E-state index contributed by atoms with van der Waals surface area (Å²) in [5.74, 6) is -5.07. The monoisotopic (exact) mass is 447 g/mol. The molecule has 0 fully saturated rings. The number of amides is 2. The molecule has 1 aliphatic heterocycles. The van der Waals surface area contributed by atoms with Gasteiger partial charge in [0.05, 0.1) is 17.5 Å². The first-order chi connectivity index (χ1) is 15.0. The largest absolute Gasteiger partial charge is 0.491 e. The van der Waals surface area contributed by atoms with Crippen molar-refractivity contribution >= 4 is 28.9 Å². The molecular formula is C23H24F3N3O3. The quantitative estimate of drug-likeness (QED) is 0.604. The fraction of sp³-hybridized carbons (Fsp3) is 0.348. The Balaban J connectivity index is 1.80. The Kier molecular flexibility index (Phi) is 6.29. The topological polar surface area (TPSA) is 71.0 Å². The van der Waals surface area contributed by atoms with Crippen LogP contribution >= 0.6 is 0 Å². The van der Waals surface area contributed by atoms with E-state index in [9.17, 15) is 18.4 Å². The van der Waals surface area contributed by atoms with Crippen LogP contribution in [-0.2, 0) is 15.5 Å². The Morgan fingerprint density at radius 2 is 1.91 bits per heavy atom. The fourth-order valence-corrected chi connectivity index (χ4v) is 3.07. The van der Waals surface area contributed by atoms with Gasteiger partial charge in [-0.2, -0.15) is 10.1 Å². The van der Waals surface area contributed by atoms with Gasteiger partial charge in [0, 0.05) is 18.2 Å². The van der Waals surface area contributed by atoms with Gasteiger partial charge in [-0.25, -0.2) is 13.2 Å². The molecule has 1 aliphatic rings. The standard InChI is InChI=1S/C23H24F3N3O3/c1-5-14(2)32-19-11-9-18(10-12-19)29-21(31)23(26,15(3)28-29)20(30)27-17-8-6-7-16(13-17)22(4,24)25/h6-14H,5H2,1-4H3,(H,27,30). The molecule has 0 bridgehead atoms. The summed E-state index contributed by atoms with van der Waals surface area (Å²) in [6, 6.07) is 11.1. The molecule has 9 heteroatoms. The van der Waals surface area contributed by atoms with Crippen LogP contribution in [0.3, 0.4) is 0 Å². The minimum Gasteiger partial charge on any atom is -0.491 e. The lowest BCUT2D eigenvalue weighted by Gasteiger charge is -2.20. The van der Waals surface area contributed by atoms with Gasteiger partial charge in [-0.05, 0) is 56.7 Å². The predicted molar refractivity (Wildman–Crippen MR) is 116 cm³/mol. The number of halogens is 3. The van der Waals surface area contributed by atoms with E-state index in [1.807, 2.05) is 13.8 Å². The number of hydrogen-bond donors (Lipinski definition) is 1. The summed E-state index contributed by atoms with van der Waals surface area (Å²) < 4.78 is 48.4. The van der Waals surface area contributed by atoms with Gasteiger partial charge in [0.2, 0.25) is 0 Å². The van der Waals surface area contributed by atoms with E-state index >= 15 is 4.39 Å². The van der Waals surface area contributed by atoms with Gasteiger partial charge in [-0.1, -0.05) is 19.1 Å². The molecule has 170 valence electrons. The summed E-state index contributed by atoms with van der Waals surface area (Å²) in [6.07, 6.45) is 0.816. The molecule has 32 heavy (non-hydrogen) atoms. The number of ether oxygens (including phenoxy) is 1. The van der Waals surface area contributed by atoms with Crippen LogP contribution in [0.25, 0.3) is 0 Å². The second-order valence-corrected chi connectivity index (χ2v) is 7.71. The Morgan fingerprint density at radius 3 is 2.50 bits per heavy atom. The van der Waals surface area contributed by atoms with Crippen molar-refractivity contribution in [2.45, 2.75) is 51.8 Å². The highest BCUT2D eigenvalue weighted by molar-refractivity contribution is 6.36. The van der Waals surface area contributed by atoms with Crippen LogP contribution in [0.15, 0.2) is 53.6 Å². The minimum atomic E-state index is -3.14. The van der Waals surface area contributed by atoms with Gasteiger partial charge in [-0.3, -0.25) is 9.59 Å². The zero-order valence-corrected chi connectivity index (χ0v) is 18.2. The van der Waals surface area contributed by atoms with E-state index in [2.05, 4.69) is 10.4 Å². The first kappa shape index (κ1) is 23.3. The number of anilines is 2. The number of carbonyl (C=O) groups excluding carboxylic acids is 2. The van der Waals surface area contributed by atoms with E-state index in [1.54, 1.807) is 12.1 Å². The maximum atomic E-state index is 15.6. The third-order valence-corrected chi connectivity index (χ3v) is 5.17. The molecule has 2 unspecified atom stereocenters. The Bertz CT molecular complexity index is 1050. The average molecular weight is 447 g/mol. The maximum absolute atomic E-state index is 15.6. The van der Waals surface area contributed by atoms with Crippen LogP contribution in [0.2, 0.25) is 0 Å². The lowest BCUT2D eigenvalue weighted by atomic mass is 9.99. The number of hydrogen-bond acceptors (Lipinski definition) is 4. The lowest BCUT2D eigenvalue weighted by molar-refractivity contribution is -0.135. The van der Waals surface area contributed by atoms with E-state index in [0.29, 0.717) is 12.7 Å². The molecule has 6 nitrogen and oxygen atoms in total. The smallest absolute Gasteiger partial charge is 0.307 e. The molecule has 3 rings (SSSR count). The number of benzene rings is 2. The highest BCUT2D eigenvalue weighted by atomic mass is 19.3. The fourth-order valence-electron chi connectivity index (χ4n) is 3.07. The normalized spacial score (nSPS) is 19.5. The summed E-state index contributed by atoms with van der Waals surface area (Å²) >= 11 is 0. The van der Waals surface area contributed by atoms with Crippen molar-refractivity contribution in [3.63, 3.8) is 0 Å². The molecule has 0 saturated carbocycles. The third-order valence-electron chi connectivity index (χ3n) is 5.17. The summed E-state index contributed by atoms with van der Waals surface area (Å²) in [5, 5.41) is 6.94. The van der Waals surface area contributed by atoms with Crippen molar-refractivity contribution in [3.8, 4) is 5.75 Å². The van der Waals surface area contributed by atoms with Crippen molar-refractivity contribution in [3.05, 3.63) is 54.1 Å². The minimum absolute atomic E-state index is 0.00267. The van der Waals surface area contributed by atoms with E-state index in [1.165, 1.54) is 37.3 Å². The van der Waals surface area contributed by atoms with Crippen LogP contribution in [0.4, 0.5) is 24.5 Å². The molecule has 2 aromatic carbocycles. The second kappa shape index (κ2) is 8.64. The van der Waals surface area contributed by atoms with E-state index in [4.69, 9.17) is 4.74 Å². The van der Waals surface area contributed by atoms with Crippen LogP contribution in [0, 0.1) is 0 Å². The van der Waals surface area contributed by atoms with Gasteiger partial charge in [0.25, 0.3) is 11.8 Å². The number of carbonyl (C=O) groups is 2. The summed E-state index contributed by atoms with van der Waals surface area (Å²) in [5.41, 5.74) is -3.59. The highest BCUT2D eigenvalue weighted by Gasteiger charge is 2.57. The molecule has 0 saturated heterocycles. The van der Waals surface area contributed by atoms with E-state index in [-0.39, 0.29) is 28.8 Å². The number of nitrogens with one attached hydrogen (secondary N) is 1. The zero-order chi connectivity index (χ0) is 23.7. The average Bonchev–Trinajstić information content (AvgIpc) is 2.98. The molecule has 0 radical (unpaired) electrons. The molecule has 0 spiro atoms. The Hall–Kier alpha value is -3.36. The maximum Gasteiger partial charge on any atom is 0.307 e. The first-order valence-corrected chi connectivity index (χ1v) is 10.1. The van der Waals surface area contributed by atoms with Gasteiger partial charge in [0.1, 0.15) is 5.75 Å². The molecule has 0 aliphatic carbocycles. The molecule has 2 amide bonds. The number of hydrazone groups is 1. The van der Waals surface area contributed by atoms with Crippen molar-refractivity contribution in [1.29, 1.82) is 0 Å². The van der Waals surface area contributed by atoms with Crippen molar-refractivity contribution in [1.82, 2.24) is 0 Å². The zero-order valence-electron chi connectivity index (χ0n) is 18.2. The van der Waals surface area contributed by atoms with Crippen molar-refractivity contribution in [2.24, 2.45) is 5.10 Å². The molecule has 1 N–H and O–H groups in total. The van der Waals surface area contributed by atoms with Gasteiger partial charge < -0.3 is 10.1 Å². The van der Waals surface area contributed by atoms with E-state index < -0.39 is 23.4 Å². The molecule has 2 aromatic rings. The Morgan fingerprint density at radius 1 is 1.25 bits per heavy atom. The van der Waals surface area contributed by atoms with Gasteiger partial charge in [-0.15, -0.1) is 0 Å². The van der Waals surface area contributed by atoms with Gasteiger partial charge >= 0.3 is 11.6 Å². The van der Waals surface area contributed by atoms with Gasteiger partial charge in [0.15, 0.2) is 0 Å². The molecule has 2 atom stereocenters. The molecule has 0 aromatic heterocycles. The summed E-state index contributed by atoms with van der Waals surface area (Å²) in [6.45, 7) is 5.82. The first-order valence-electron chi connectivity index (χ1n) is 10.1. The van der Waals surface area contributed by atoms with Crippen LogP contribution in [0.1, 0.15) is 39.7 Å². The number of alkyl halides is 3. The van der Waals surface area contributed by atoms with Crippen molar-refractivity contribution in [2.75, 3.05) is 10.3 Å². The Labute approximate surface area is 184 Å². The third kappa shape index (κ3) is 4.46. The number of nitrogens with zero attached hydrogens (tertiary/aromatic N) is 2.